The van der Waals surface area contributed by atoms with Gasteiger partial charge in [-0.15, -0.1) is 0 Å². The predicted molar refractivity (Wildman–Crippen MR) is 72.7 cm³/mol. The van der Waals surface area contributed by atoms with Gasteiger partial charge < -0.3 is 0 Å². The van der Waals surface area contributed by atoms with Crippen molar-refractivity contribution in [3.05, 3.63) is 49.5 Å². The molecular weight excluding hydrogens is 268 g/mol. The molecule has 2 aromatic rings. The Morgan fingerprint density at radius 3 is 2.68 bits per heavy atom. The van der Waals surface area contributed by atoms with E-state index < -0.39 is 5.69 Å². The summed E-state index contributed by atoms with van der Waals surface area (Å²) in [5.74, 6) is 0. The number of aromatic amines is 1. The molecule has 0 bridgehead atoms. The fourth-order valence-corrected chi connectivity index (χ4v) is 2.18. The van der Waals surface area contributed by atoms with Crippen molar-refractivity contribution in [3.8, 4) is 0 Å². The highest BCUT2D eigenvalue weighted by Crippen LogP contribution is 2.05. The first-order chi connectivity index (χ1) is 9.02. The highest BCUT2D eigenvalue weighted by molar-refractivity contribution is 6.30. The molecule has 0 radical (unpaired) electrons. The molecular formula is C12H15ClN4O2. The Morgan fingerprint density at radius 1 is 1.37 bits per heavy atom. The van der Waals surface area contributed by atoms with E-state index in [0.717, 1.165) is 10.1 Å². The highest BCUT2D eigenvalue weighted by atomic mass is 35.5. The highest BCUT2D eigenvalue weighted by Gasteiger charge is 2.11. The van der Waals surface area contributed by atoms with E-state index in [9.17, 15) is 9.59 Å². The fraction of sp³-hybridized carbons (Fsp3) is 0.417. The van der Waals surface area contributed by atoms with Crippen molar-refractivity contribution >= 4 is 11.6 Å². The monoisotopic (exact) mass is 282 g/mol. The van der Waals surface area contributed by atoms with Crippen LogP contribution in [0.25, 0.3) is 0 Å². The van der Waals surface area contributed by atoms with E-state index in [4.69, 9.17) is 11.6 Å². The van der Waals surface area contributed by atoms with Crippen LogP contribution in [0.5, 0.6) is 0 Å². The lowest BCUT2D eigenvalue weighted by molar-refractivity contribution is 0.505. The maximum absolute atomic E-state index is 12.1. The molecule has 2 heterocycles. The largest absolute Gasteiger partial charge is 0.329 e. The minimum atomic E-state index is -0.490. The summed E-state index contributed by atoms with van der Waals surface area (Å²) < 4.78 is 2.85. The Balaban J connectivity index is 2.30. The second-order valence-electron chi connectivity index (χ2n) is 4.31. The molecule has 7 heteroatoms. The molecule has 0 amide bonds. The van der Waals surface area contributed by atoms with E-state index >= 15 is 0 Å². The van der Waals surface area contributed by atoms with Crippen LogP contribution in [0.15, 0.2) is 22.0 Å². The summed E-state index contributed by atoms with van der Waals surface area (Å²) in [5, 5.41) is 4.24. The molecule has 1 N–H and O–H groups in total. The number of nitrogens with one attached hydrogen (secondary N) is 1. The molecule has 0 aromatic carbocycles. The molecule has 0 fully saturated rings. The van der Waals surface area contributed by atoms with Gasteiger partial charge in [0.05, 0.1) is 24.8 Å². The van der Waals surface area contributed by atoms with Gasteiger partial charge in [-0.25, -0.2) is 4.79 Å². The van der Waals surface area contributed by atoms with E-state index in [0.29, 0.717) is 18.5 Å². The number of hydrogen-bond donors (Lipinski definition) is 1. The molecule has 6 nitrogen and oxygen atoms in total. The summed E-state index contributed by atoms with van der Waals surface area (Å²) in [6.45, 7) is 4.48. The molecule has 0 saturated carbocycles. The molecule has 19 heavy (non-hydrogen) atoms. The first-order valence-electron chi connectivity index (χ1n) is 6.03. The summed E-state index contributed by atoms with van der Waals surface area (Å²) in [4.78, 5) is 26.3. The molecule has 2 aromatic heterocycles. The number of halogens is 1. The predicted octanol–water partition coefficient (Wildman–Crippen LogP) is 0.958. The normalized spacial score (nSPS) is 10.9. The third-order valence-corrected chi connectivity index (χ3v) is 3.22. The van der Waals surface area contributed by atoms with Crippen LogP contribution in [-0.4, -0.2) is 19.3 Å². The summed E-state index contributed by atoms with van der Waals surface area (Å²) >= 11 is 5.84. The van der Waals surface area contributed by atoms with Crippen molar-refractivity contribution < 1.29 is 0 Å². The van der Waals surface area contributed by atoms with Crippen LogP contribution in [0.3, 0.4) is 0 Å². The van der Waals surface area contributed by atoms with Gasteiger partial charge >= 0.3 is 5.69 Å². The maximum Gasteiger partial charge on any atom is 0.329 e. The molecule has 0 aliphatic heterocycles. The molecule has 0 saturated heterocycles. The van der Waals surface area contributed by atoms with Crippen LogP contribution in [0, 0.1) is 6.92 Å². The number of rotatable bonds is 4. The second-order valence-corrected chi connectivity index (χ2v) is 4.69. The van der Waals surface area contributed by atoms with Crippen molar-refractivity contribution in [3.63, 3.8) is 0 Å². The van der Waals surface area contributed by atoms with Crippen LogP contribution in [0.1, 0.15) is 18.1 Å². The van der Waals surface area contributed by atoms with Gasteiger partial charge in [-0.05, 0) is 18.9 Å². The number of hydrogen-bond acceptors (Lipinski definition) is 3. The van der Waals surface area contributed by atoms with Gasteiger partial charge in [0.25, 0.3) is 5.56 Å². The third kappa shape index (κ3) is 2.78. The van der Waals surface area contributed by atoms with Crippen LogP contribution >= 0.6 is 11.6 Å². The van der Waals surface area contributed by atoms with E-state index in [-0.39, 0.29) is 17.3 Å². The smallest absolute Gasteiger partial charge is 0.297 e. The Morgan fingerprint density at radius 2 is 2.11 bits per heavy atom. The molecule has 0 unspecified atom stereocenters. The zero-order valence-electron chi connectivity index (χ0n) is 10.8. The SMILES string of the molecule is CCc1c(Cl)[nH]c(=O)n(CCn2cc(C)cn2)c1=O. The van der Waals surface area contributed by atoms with Crippen LogP contribution in [0.4, 0.5) is 0 Å². The number of aromatic nitrogens is 4. The van der Waals surface area contributed by atoms with Gasteiger partial charge in [0.15, 0.2) is 0 Å². The summed E-state index contributed by atoms with van der Waals surface area (Å²) in [6, 6.07) is 0. The van der Waals surface area contributed by atoms with Gasteiger partial charge in [-0.2, -0.15) is 5.10 Å². The average Bonchev–Trinajstić information content (AvgIpc) is 2.75. The first-order valence-corrected chi connectivity index (χ1v) is 6.41. The number of nitrogens with zero attached hydrogens (tertiary/aromatic N) is 3. The lowest BCUT2D eigenvalue weighted by Crippen LogP contribution is -2.38. The third-order valence-electron chi connectivity index (χ3n) is 2.90. The quantitative estimate of drug-likeness (QED) is 0.849. The van der Waals surface area contributed by atoms with Crippen molar-refractivity contribution in [2.45, 2.75) is 33.4 Å². The van der Waals surface area contributed by atoms with Crippen LogP contribution in [0.2, 0.25) is 5.15 Å². The van der Waals surface area contributed by atoms with Gasteiger partial charge in [-0.1, -0.05) is 18.5 Å². The topological polar surface area (TPSA) is 72.7 Å². The van der Waals surface area contributed by atoms with Gasteiger partial charge in [0.2, 0.25) is 0 Å². The zero-order chi connectivity index (χ0) is 14.0. The van der Waals surface area contributed by atoms with E-state index in [1.54, 1.807) is 10.9 Å². The fourth-order valence-electron chi connectivity index (χ4n) is 1.89. The Kier molecular flexibility index (Phi) is 3.90. The Bertz CT molecular complexity index is 698. The Labute approximate surface area is 114 Å². The molecule has 2 rings (SSSR count). The standard InChI is InChI=1S/C12H15ClN4O2/c1-3-9-10(13)15-12(19)17(11(9)18)5-4-16-7-8(2)6-14-16/h6-7H,3-5H2,1-2H3,(H,15,19). The molecule has 0 aliphatic rings. The number of aryl methyl sites for hydroxylation is 2. The molecule has 0 spiro atoms. The first kappa shape index (κ1) is 13.6. The second kappa shape index (κ2) is 5.44. The van der Waals surface area contributed by atoms with E-state index in [2.05, 4.69) is 10.1 Å². The van der Waals surface area contributed by atoms with Crippen LogP contribution < -0.4 is 11.2 Å². The van der Waals surface area contributed by atoms with Gasteiger partial charge in [-0.3, -0.25) is 19.0 Å². The summed E-state index contributed by atoms with van der Waals surface area (Å²) in [7, 11) is 0. The van der Waals surface area contributed by atoms with E-state index in [1.807, 2.05) is 20.0 Å². The molecule has 0 aliphatic carbocycles. The Hall–Kier alpha value is -1.82. The van der Waals surface area contributed by atoms with Gasteiger partial charge in [0, 0.05) is 6.20 Å². The zero-order valence-corrected chi connectivity index (χ0v) is 11.6. The van der Waals surface area contributed by atoms with Crippen molar-refractivity contribution in [1.82, 2.24) is 19.3 Å². The minimum absolute atomic E-state index is 0.128. The van der Waals surface area contributed by atoms with E-state index in [1.165, 1.54) is 0 Å². The summed E-state index contributed by atoms with van der Waals surface area (Å²) in [5.41, 5.74) is 0.640. The molecule has 102 valence electrons. The molecule has 0 atom stereocenters. The van der Waals surface area contributed by atoms with Crippen LogP contribution in [-0.2, 0) is 19.5 Å². The number of H-pyrrole nitrogens is 1. The maximum atomic E-state index is 12.1. The average molecular weight is 283 g/mol. The lowest BCUT2D eigenvalue weighted by Gasteiger charge is -2.07. The van der Waals surface area contributed by atoms with Crippen molar-refractivity contribution in [2.24, 2.45) is 0 Å². The lowest BCUT2D eigenvalue weighted by atomic mass is 10.2. The minimum Gasteiger partial charge on any atom is -0.297 e. The van der Waals surface area contributed by atoms with Crippen molar-refractivity contribution in [2.75, 3.05) is 0 Å². The van der Waals surface area contributed by atoms with Gasteiger partial charge in [0.1, 0.15) is 5.15 Å². The summed E-state index contributed by atoms with van der Waals surface area (Å²) in [6.07, 6.45) is 4.07. The van der Waals surface area contributed by atoms with Crippen molar-refractivity contribution in [1.29, 1.82) is 0 Å².